The Bertz CT molecular complexity index is 484. The van der Waals surface area contributed by atoms with Crippen LogP contribution in [0.25, 0.3) is 0 Å². The monoisotopic (exact) mass is 330 g/mol. The Morgan fingerprint density at radius 1 is 1.63 bits per heavy atom. The minimum atomic E-state index is -0.618. The third kappa shape index (κ3) is 3.45. The van der Waals surface area contributed by atoms with Crippen molar-refractivity contribution in [2.75, 3.05) is 13.1 Å². The molecule has 1 fully saturated rings. The molecule has 1 aliphatic heterocycles. The van der Waals surface area contributed by atoms with Crippen LogP contribution in [0.4, 0.5) is 4.39 Å². The van der Waals surface area contributed by atoms with Gasteiger partial charge in [0.1, 0.15) is 11.6 Å². The van der Waals surface area contributed by atoms with Crippen LogP contribution in [0.3, 0.4) is 0 Å². The molecule has 0 saturated carbocycles. The van der Waals surface area contributed by atoms with Crippen molar-refractivity contribution in [1.82, 2.24) is 4.90 Å². The molecule has 2 N–H and O–H groups in total. The van der Waals surface area contributed by atoms with Crippen molar-refractivity contribution >= 4 is 21.8 Å². The van der Waals surface area contributed by atoms with Gasteiger partial charge in [-0.25, -0.2) is 4.39 Å². The first-order chi connectivity index (χ1) is 8.97. The molecule has 1 aromatic carbocycles. The smallest absolute Gasteiger partial charge is 0.263 e. The quantitative estimate of drug-likeness (QED) is 0.921. The highest BCUT2D eigenvalue weighted by Crippen LogP contribution is 2.26. The summed E-state index contributed by atoms with van der Waals surface area (Å²) in [7, 11) is 0. The average molecular weight is 331 g/mol. The number of benzene rings is 1. The summed E-state index contributed by atoms with van der Waals surface area (Å²) in [4.78, 5) is 13.8. The molecule has 6 heteroatoms. The number of hydrogen-bond acceptors (Lipinski definition) is 3. The summed E-state index contributed by atoms with van der Waals surface area (Å²) in [6.07, 6.45) is 0.200. The summed E-state index contributed by atoms with van der Waals surface area (Å²) >= 11 is 3.21. The molecule has 1 aliphatic rings. The van der Waals surface area contributed by atoms with E-state index >= 15 is 0 Å². The minimum absolute atomic E-state index is 0.0497. The van der Waals surface area contributed by atoms with Gasteiger partial charge < -0.3 is 15.4 Å². The Balaban J connectivity index is 2.00. The maximum atomic E-state index is 13.0. The first-order valence-corrected chi connectivity index (χ1v) is 6.92. The van der Waals surface area contributed by atoms with Crippen LogP contribution in [0, 0.1) is 5.82 Å². The number of nitrogens with zero attached hydrogens (tertiary/aromatic N) is 1. The molecule has 1 saturated heterocycles. The summed E-state index contributed by atoms with van der Waals surface area (Å²) in [6, 6.07) is 4.15. The number of halogens is 2. The number of carbonyl (C=O) groups is 1. The number of hydrogen-bond donors (Lipinski definition) is 1. The lowest BCUT2D eigenvalue weighted by molar-refractivity contribution is -0.136. The van der Waals surface area contributed by atoms with Crippen LogP contribution in [0.15, 0.2) is 22.7 Å². The number of carbonyl (C=O) groups excluding carboxylic acids is 1. The molecule has 4 nitrogen and oxygen atoms in total. The fraction of sp³-hybridized carbons (Fsp3) is 0.462. The standard InChI is InChI=1S/C13H16BrFN2O2/c1-8(13(18)17-5-4-10(16)7-17)19-12-3-2-9(15)6-11(12)14/h2-3,6,8,10H,4-5,7,16H2,1H3/t8-,10+/m0/s1. The summed E-state index contributed by atoms with van der Waals surface area (Å²) in [5.41, 5.74) is 5.77. The molecule has 0 radical (unpaired) electrons. The van der Waals surface area contributed by atoms with Crippen molar-refractivity contribution in [3.05, 3.63) is 28.5 Å². The Morgan fingerprint density at radius 3 is 2.95 bits per heavy atom. The molecule has 1 aromatic rings. The van der Waals surface area contributed by atoms with E-state index in [-0.39, 0.29) is 17.8 Å². The lowest BCUT2D eigenvalue weighted by Gasteiger charge is -2.22. The van der Waals surface area contributed by atoms with Crippen molar-refractivity contribution in [3.8, 4) is 5.75 Å². The van der Waals surface area contributed by atoms with Gasteiger partial charge in [0.25, 0.3) is 5.91 Å². The number of rotatable bonds is 3. The zero-order chi connectivity index (χ0) is 14.0. The normalized spacial score (nSPS) is 20.4. The molecule has 0 spiro atoms. The van der Waals surface area contributed by atoms with E-state index in [2.05, 4.69) is 15.9 Å². The Morgan fingerprint density at radius 2 is 2.37 bits per heavy atom. The van der Waals surface area contributed by atoms with Gasteiger partial charge in [-0.3, -0.25) is 4.79 Å². The molecule has 2 atom stereocenters. The lowest BCUT2D eigenvalue weighted by Crippen LogP contribution is -2.40. The van der Waals surface area contributed by atoms with Crippen LogP contribution in [0.5, 0.6) is 5.75 Å². The molecular formula is C13H16BrFN2O2. The third-order valence-electron chi connectivity index (χ3n) is 3.08. The van der Waals surface area contributed by atoms with Gasteiger partial charge in [-0.2, -0.15) is 0 Å². The Labute approximate surface area is 119 Å². The fourth-order valence-electron chi connectivity index (χ4n) is 2.06. The van der Waals surface area contributed by atoms with Gasteiger partial charge in [0.05, 0.1) is 4.47 Å². The number of amides is 1. The van der Waals surface area contributed by atoms with Gasteiger partial charge in [0, 0.05) is 19.1 Å². The maximum absolute atomic E-state index is 13.0. The van der Waals surface area contributed by atoms with Crippen LogP contribution in [0.1, 0.15) is 13.3 Å². The largest absolute Gasteiger partial charge is 0.480 e. The first-order valence-electron chi connectivity index (χ1n) is 6.13. The molecule has 2 rings (SSSR count). The van der Waals surface area contributed by atoms with E-state index in [1.54, 1.807) is 11.8 Å². The average Bonchev–Trinajstić information content (AvgIpc) is 2.78. The minimum Gasteiger partial charge on any atom is -0.480 e. The molecule has 1 heterocycles. The summed E-state index contributed by atoms with van der Waals surface area (Å²) in [5.74, 6) is -0.00126. The van der Waals surface area contributed by atoms with Crippen molar-refractivity contribution < 1.29 is 13.9 Å². The lowest BCUT2D eigenvalue weighted by atomic mass is 10.3. The first kappa shape index (κ1) is 14.3. The van der Waals surface area contributed by atoms with Gasteiger partial charge in [0.15, 0.2) is 6.10 Å². The molecule has 1 amide bonds. The highest BCUT2D eigenvalue weighted by atomic mass is 79.9. The number of likely N-dealkylation sites (tertiary alicyclic amines) is 1. The van der Waals surface area contributed by atoms with Crippen LogP contribution < -0.4 is 10.5 Å². The third-order valence-corrected chi connectivity index (χ3v) is 3.70. The van der Waals surface area contributed by atoms with Crippen molar-refractivity contribution in [2.45, 2.75) is 25.5 Å². The second kappa shape index (κ2) is 5.88. The fourth-order valence-corrected chi connectivity index (χ4v) is 2.50. The van der Waals surface area contributed by atoms with E-state index in [9.17, 15) is 9.18 Å². The predicted molar refractivity (Wildman–Crippen MR) is 73.4 cm³/mol. The number of ether oxygens (including phenoxy) is 1. The van der Waals surface area contributed by atoms with Crippen molar-refractivity contribution in [1.29, 1.82) is 0 Å². The Hall–Kier alpha value is -1.14. The summed E-state index contributed by atoms with van der Waals surface area (Å²) in [6.45, 7) is 2.91. The van der Waals surface area contributed by atoms with Crippen molar-refractivity contribution in [3.63, 3.8) is 0 Å². The highest BCUT2D eigenvalue weighted by molar-refractivity contribution is 9.10. The Kier molecular flexibility index (Phi) is 4.42. The summed E-state index contributed by atoms with van der Waals surface area (Å²) < 4.78 is 19.0. The van der Waals surface area contributed by atoms with Gasteiger partial charge >= 0.3 is 0 Å². The highest BCUT2D eigenvalue weighted by Gasteiger charge is 2.28. The van der Waals surface area contributed by atoms with Gasteiger partial charge in [-0.1, -0.05) is 0 Å². The molecule has 19 heavy (non-hydrogen) atoms. The summed E-state index contributed by atoms with van der Waals surface area (Å²) in [5, 5.41) is 0. The van der Waals surface area contributed by atoms with Crippen LogP contribution in [0.2, 0.25) is 0 Å². The van der Waals surface area contributed by atoms with Gasteiger partial charge in [-0.05, 0) is 47.5 Å². The molecule has 0 bridgehead atoms. The second-order valence-corrected chi connectivity index (χ2v) is 5.52. The zero-order valence-corrected chi connectivity index (χ0v) is 12.2. The molecule has 104 valence electrons. The number of nitrogens with two attached hydrogens (primary N) is 1. The zero-order valence-electron chi connectivity index (χ0n) is 10.6. The van der Waals surface area contributed by atoms with E-state index in [1.807, 2.05) is 0 Å². The van der Waals surface area contributed by atoms with Crippen molar-refractivity contribution in [2.24, 2.45) is 5.73 Å². The van der Waals surface area contributed by atoms with E-state index in [0.717, 1.165) is 6.42 Å². The van der Waals surface area contributed by atoms with E-state index in [4.69, 9.17) is 10.5 Å². The van der Waals surface area contributed by atoms with Gasteiger partial charge in [0.2, 0.25) is 0 Å². The van der Waals surface area contributed by atoms with Crippen LogP contribution >= 0.6 is 15.9 Å². The molecular weight excluding hydrogens is 315 g/mol. The van der Waals surface area contributed by atoms with E-state index in [1.165, 1.54) is 18.2 Å². The molecule has 0 aromatic heterocycles. The van der Waals surface area contributed by atoms with E-state index < -0.39 is 6.10 Å². The molecule has 0 aliphatic carbocycles. The maximum Gasteiger partial charge on any atom is 0.263 e. The van der Waals surface area contributed by atoms with Crippen LogP contribution in [-0.2, 0) is 4.79 Å². The van der Waals surface area contributed by atoms with Gasteiger partial charge in [-0.15, -0.1) is 0 Å². The molecule has 0 unspecified atom stereocenters. The predicted octanol–water partition coefficient (Wildman–Crippen LogP) is 1.92. The topological polar surface area (TPSA) is 55.6 Å². The second-order valence-electron chi connectivity index (χ2n) is 4.67. The van der Waals surface area contributed by atoms with E-state index in [0.29, 0.717) is 23.3 Å². The van der Waals surface area contributed by atoms with Crippen LogP contribution in [-0.4, -0.2) is 36.0 Å². The SMILES string of the molecule is C[C@H](Oc1ccc(F)cc1Br)C(=O)N1CC[C@@H](N)C1.